The summed E-state index contributed by atoms with van der Waals surface area (Å²) in [5.41, 5.74) is -2.08. The number of rotatable bonds is 5. The second-order valence-electron chi connectivity index (χ2n) is 4.37. The Bertz CT molecular complexity index is 762. The quantitative estimate of drug-likeness (QED) is 0.417. The molecule has 120 valence electrons. The molecular weight excluding hydrogens is 365 g/mol. The molecule has 0 unspecified atom stereocenters. The first kappa shape index (κ1) is 17.8. The molecule has 0 radical (unpaired) electrons. The molecule has 0 heterocycles. The third-order valence-electron chi connectivity index (χ3n) is 2.72. The maximum Gasteiger partial charge on any atom is 0.483 e. The fraction of sp³-hybridized carbons (Fsp3) is 0. The number of non-ortho nitro benzene ring substituents is 1. The number of nitro benzene ring substituents is 1. The van der Waals surface area contributed by atoms with Gasteiger partial charge in [-0.25, -0.2) is 4.79 Å². The zero-order valence-corrected chi connectivity index (χ0v) is 13.8. The Morgan fingerprint density at radius 2 is 1.74 bits per heavy atom. The van der Waals surface area contributed by atoms with Gasteiger partial charge in [-0.3, -0.25) is 10.1 Å². The minimum absolute atomic E-state index is 0.240. The molecule has 0 aromatic heterocycles. The molecule has 7 nitrogen and oxygen atoms in total. The Morgan fingerprint density at radius 1 is 1.13 bits per heavy atom. The molecule has 0 aliphatic heterocycles. The van der Waals surface area contributed by atoms with Gasteiger partial charge >= 0.3 is 13.5 Å². The number of carbonyl (C=O) groups is 1. The summed E-state index contributed by atoms with van der Waals surface area (Å²) in [6, 6.07) is 9.97. The number of carbonyl (C=O) groups excluding carboxylic acids is 1. The molecule has 0 bridgehead atoms. The summed E-state index contributed by atoms with van der Waals surface area (Å²) in [6.07, 6.45) is 0. The molecule has 0 aliphatic rings. The fourth-order valence-corrected chi connectivity index (χ4v) is 3.31. The first-order valence-corrected chi connectivity index (χ1v) is 8.86. The van der Waals surface area contributed by atoms with Crippen molar-refractivity contribution in [2.75, 3.05) is 0 Å². The lowest BCUT2D eigenvalue weighted by Gasteiger charge is -2.08. The van der Waals surface area contributed by atoms with Crippen molar-refractivity contribution in [2.24, 2.45) is 0 Å². The van der Waals surface area contributed by atoms with E-state index >= 15 is 0 Å². The first-order chi connectivity index (χ1) is 10.7. The topological polar surface area (TPSA) is 121 Å². The number of nitrogens with zero attached hydrogens (tertiary/aromatic N) is 1. The molecule has 0 saturated carbocycles. The van der Waals surface area contributed by atoms with Crippen LogP contribution in [0.2, 0.25) is 5.02 Å². The summed E-state index contributed by atoms with van der Waals surface area (Å²) < 4.78 is 0. The third kappa shape index (κ3) is 4.48. The molecule has 3 N–H and O–H groups in total. The molecular formula is C13H10ClNO6PS+. The fourth-order valence-electron chi connectivity index (χ4n) is 1.68. The van der Waals surface area contributed by atoms with E-state index in [-0.39, 0.29) is 10.5 Å². The standard InChI is InChI=1S/C13H10ClNO6PS/c14-8-1-4-10(5-2-8)23-12-6-3-9(15(17)18)7-11(12)13(16)22(19,20)21/h1-7,19-21H/q+1. The predicted molar refractivity (Wildman–Crippen MR) is 86.6 cm³/mol. The minimum Gasteiger partial charge on any atom is -0.258 e. The highest BCUT2D eigenvalue weighted by Gasteiger charge is 2.45. The molecule has 0 amide bonds. The maximum absolute atomic E-state index is 11.9. The van der Waals surface area contributed by atoms with Crippen molar-refractivity contribution >= 4 is 42.5 Å². The summed E-state index contributed by atoms with van der Waals surface area (Å²) in [5.74, 6) is 0. The predicted octanol–water partition coefficient (Wildman–Crippen LogP) is 3.28. The van der Waals surface area contributed by atoms with Crippen LogP contribution in [0.5, 0.6) is 0 Å². The van der Waals surface area contributed by atoms with Crippen molar-refractivity contribution < 1.29 is 24.4 Å². The van der Waals surface area contributed by atoms with Crippen LogP contribution < -0.4 is 0 Å². The van der Waals surface area contributed by atoms with Gasteiger partial charge in [0.15, 0.2) is 0 Å². The number of hydrogen-bond acceptors (Lipinski definition) is 7. The molecule has 2 aromatic carbocycles. The zero-order chi connectivity index (χ0) is 17.2. The number of halogens is 1. The lowest BCUT2D eigenvalue weighted by atomic mass is 10.2. The molecule has 10 heteroatoms. The van der Waals surface area contributed by atoms with E-state index in [9.17, 15) is 29.6 Å². The molecule has 2 aromatic rings. The summed E-state index contributed by atoms with van der Waals surface area (Å²) in [4.78, 5) is 50.5. The normalized spacial score (nSPS) is 11.3. The van der Waals surface area contributed by atoms with E-state index in [0.29, 0.717) is 9.92 Å². The molecule has 0 aliphatic carbocycles. The molecule has 23 heavy (non-hydrogen) atoms. The van der Waals surface area contributed by atoms with Gasteiger partial charge in [-0.2, -0.15) is 14.7 Å². The highest BCUT2D eigenvalue weighted by molar-refractivity contribution is 7.99. The van der Waals surface area contributed by atoms with E-state index < -0.39 is 24.1 Å². The van der Waals surface area contributed by atoms with Crippen LogP contribution in [0.3, 0.4) is 0 Å². The summed E-state index contributed by atoms with van der Waals surface area (Å²) >= 11 is 6.85. The van der Waals surface area contributed by atoms with Crippen LogP contribution >= 0.6 is 31.3 Å². The minimum atomic E-state index is -4.81. The number of benzene rings is 2. The third-order valence-corrected chi connectivity index (χ3v) is 4.84. The van der Waals surface area contributed by atoms with Gasteiger partial charge < -0.3 is 0 Å². The summed E-state index contributed by atoms with van der Waals surface area (Å²) in [7, 11) is -4.81. The zero-order valence-electron chi connectivity index (χ0n) is 11.3. The lowest BCUT2D eigenvalue weighted by Crippen LogP contribution is -2.07. The highest BCUT2D eigenvalue weighted by atomic mass is 35.5. The van der Waals surface area contributed by atoms with Gasteiger partial charge in [0, 0.05) is 26.9 Å². The van der Waals surface area contributed by atoms with Gasteiger partial charge in [0.05, 0.1) is 10.5 Å². The van der Waals surface area contributed by atoms with Crippen molar-refractivity contribution in [3.05, 3.63) is 63.2 Å². The first-order valence-electron chi connectivity index (χ1n) is 6.02. The Labute approximate surface area is 140 Å². The van der Waals surface area contributed by atoms with Crippen LogP contribution in [-0.2, 0) is 0 Å². The monoisotopic (exact) mass is 374 g/mol. The van der Waals surface area contributed by atoms with Crippen molar-refractivity contribution in [1.29, 1.82) is 0 Å². The van der Waals surface area contributed by atoms with Crippen molar-refractivity contribution in [3.8, 4) is 0 Å². The van der Waals surface area contributed by atoms with E-state index in [1.165, 1.54) is 12.1 Å². The number of hydrogen-bond donors (Lipinski definition) is 3. The summed E-state index contributed by atoms with van der Waals surface area (Å²) in [6.45, 7) is 0. The van der Waals surface area contributed by atoms with E-state index in [1.807, 2.05) is 0 Å². The van der Waals surface area contributed by atoms with Gasteiger partial charge in [-0.1, -0.05) is 23.4 Å². The highest BCUT2D eigenvalue weighted by Crippen LogP contribution is 2.50. The second-order valence-corrected chi connectivity index (χ2v) is 7.46. The van der Waals surface area contributed by atoms with Gasteiger partial charge in [0.1, 0.15) is 0 Å². The smallest absolute Gasteiger partial charge is 0.258 e. The van der Waals surface area contributed by atoms with E-state index in [1.54, 1.807) is 24.3 Å². The average molecular weight is 375 g/mol. The van der Waals surface area contributed by atoms with Crippen LogP contribution in [0.15, 0.2) is 52.3 Å². The Balaban J connectivity index is 2.47. The van der Waals surface area contributed by atoms with Gasteiger partial charge in [-0.05, 0) is 30.3 Å². The van der Waals surface area contributed by atoms with Crippen molar-refractivity contribution in [3.63, 3.8) is 0 Å². The van der Waals surface area contributed by atoms with Crippen LogP contribution in [0.4, 0.5) is 5.69 Å². The number of nitro groups is 1. The Morgan fingerprint density at radius 3 is 2.26 bits per heavy atom. The van der Waals surface area contributed by atoms with Crippen LogP contribution in [0.1, 0.15) is 10.4 Å². The SMILES string of the molecule is O=C(c1cc([N+](=O)[O-])ccc1Sc1ccc(Cl)cc1)[P+](O)(O)O. The van der Waals surface area contributed by atoms with Crippen LogP contribution in [0.25, 0.3) is 0 Å². The Hall–Kier alpha value is -1.54. The summed E-state index contributed by atoms with van der Waals surface area (Å²) in [5, 5.41) is 11.3. The maximum atomic E-state index is 11.9. The largest absolute Gasteiger partial charge is 0.483 e. The van der Waals surface area contributed by atoms with Gasteiger partial charge in [0.2, 0.25) is 0 Å². The molecule has 0 saturated heterocycles. The average Bonchev–Trinajstić information content (AvgIpc) is 2.48. The van der Waals surface area contributed by atoms with E-state index in [2.05, 4.69) is 0 Å². The Kier molecular flexibility index (Phi) is 5.36. The molecule has 0 fully saturated rings. The lowest BCUT2D eigenvalue weighted by molar-refractivity contribution is -0.384. The molecule has 0 spiro atoms. The van der Waals surface area contributed by atoms with E-state index in [0.717, 1.165) is 17.8 Å². The van der Waals surface area contributed by atoms with Gasteiger partial charge in [0.25, 0.3) is 5.69 Å². The molecule has 0 atom stereocenters. The van der Waals surface area contributed by atoms with Gasteiger partial charge in [-0.15, -0.1) is 0 Å². The van der Waals surface area contributed by atoms with Crippen molar-refractivity contribution in [1.82, 2.24) is 0 Å². The van der Waals surface area contributed by atoms with Crippen LogP contribution in [0, 0.1) is 10.1 Å². The molecule has 2 rings (SSSR count). The van der Waals surface area contributed by atoms with Crippen molar-refractivity contribution in [2.45, 2.75) is 9.79 Å². The second kappa shape index (κ2) is 6.92. The van der Waals surface area contributed by atoms with E-state index in [4.69, 9.17) is 11.6 Å². The van der Waals surface area contributed by atoms with Crippen LogP contribution in [-0.4, -0.2) is 25.1 Å².